The van der Waals surface area contributed by atoms with Crippen LogP contribution in [0.3, 0.4) is 0 Å². The first-order chi connectivity index (χ1) is 14.8. The number of piperazine rings is 1. The van der Waals surface area contributed by atoms with Crippen molar-refractivity contribution >= 4 is 11.4 Å². The molecule has 0 unspecified atom stereocenters. The summed E-state index contributed by atoms with van der Waals surface area (Å²) in [6.45, 7) is 2.35. The predicted molar refractivity (Wildman–Crippen MR) is 105 cm³/mol. The second-order valence-electron chi connectivity index (χ2n) is 7.09. The first-order valence-corrected chi connectivity index (χ1v) is 9.52. The molecule has 1 saturated heterocycles. The number of anilines is 1. The van der Waals surface area contributed by atoms with E-state index in [2.05, 4.69) is 15.1 Å². The van der Waals surface area contributed by atoms with Crippen LogP contribution in [-0.4, -0.2) is 46.2 Å². The van der Waals surface area contributed by atoms with Crippen molar-refractivity contribution in [2.75, 3.05) is 31.1 Å². The van der Waals surface area contributed by atoms with Crippen molar-refractivity contribution in [3.8, 4) is 11.5 Å². The molecule has 0 amide bonds. The van der Waals surface area contributed by atoms with Crippen LogP contribution in [0.5, 0.6) is 0 Å². The quantitative estimate of drug-likeness (QED) is 0.444. The Hall–Kier alpha value is -3.47. The first kappa shape index (κ1) is 20.8. The van der Waals surface area contributed by atoms with Crippen molar-refractivity contribution in [3.05, 3.63) is 70.1 Å². The monoisotopic (exact) mass is 433 g/mol. The van der Waals surface area contributed by atoms with E-state index < -0.39 is 22.4 Å². The number of nitro groups is 1. The number of benzene rings is 2. The standard InChI is InChI=1S/C20H18F3N5O3/c21-20(22,23)15-6-7-16(17(12-15)28(29)30)27-10-8-26(9-11-27)13-18-24-25-19(31-18)14-4-2-1-3-5-14/h1-7,12H,8-11,13H2. The van der Waals surface area contributed by atoms with E-state index in [1.807, 2.05) is 30.3 Å². The summed E-state index contributed by atoms with van der Waals surface area (Å²) in [5.74, 6) is 0.877. The molecule has 0 atom stereocenters. The summed E-state index contributed by atoms with van der Waals surface area (Å²) in [5.41, 5.74) is -0.581. The molecule has 0 bridgehead atoms. The number of halogens is 3. The number of alkyl halides is 3. The smallest absolute Gasteiger partial charge is 0.416 e. The van der Waals surface area contributed by atoms with Crippen LogP contribution in [0.2, 0.25) is 0 Å². The highest BCUT2D eigenvalue weighted by molar-refractivity contribution is 5.65. The van der Waals surface area contributed by atoms with Crippen LogP contribution in [0.15, 0.2) is 52.9 Å². The summed E-state index contributed by atoms with van der Waals surface area (Å²) >= 11 is 0. The maximum atomic E-state index is 12.9. The average molecular weight is 433 g/mol. The van der Waals surface area contributed by atoms with E-state index in [9.17, 15) is 23.3 Å². The molecule has 1 fully saturated rings. The first-order valence-electron chi connectivity index (χ1n) is 9.52. The van der Waals surface area contributed by atoms with Gasteiger partial charge in [0.05, 0.1) is 17.0 Å². The van der Waals surface area contributed by atoms with Gasteiger partial charge in [0.15, 0.2) is 0 Å². The summed E-state index contributed by atoms with van der Waals surface area (Å²) < 4.78 is 44.4. The molecule has 1 aromatic heterocycles. The fourth-order valence-electron chi connectivity index (χ4n) is 3.47. The number of aromatic nitrogens is 2. The lowest BCUT2D eigenvalue weighted by atomic mass is 10.1. The van der Waals surface area contributed by atoms with Crippen LogP contribution < -0.4 is 4.90 Å². The minimum absolute atomic E-state index is 0.182. The highest BCUT2D eigenvalue weighted by Crippen LogP contribution is 2.36. The Bertz CT molecular complexity index is 1060. The van der Waals surface area contributed by atoms with Crippen LogP contribution in [-0.2, 0) is 12.7 Å². The molecule has 0 N–H and O–H groups in total. The van der Waals surface area contributed by atoms with E-state index >= 15 is 0 Å². The lowest BCUT2D eigenvalue weighted by Gasteiger charge is -2.35. The van der Waals surface area contributed by atoms with Gasteiger partial charge in [-0.1, -0.05) is 18.2 Å². The Morgan fingerprint density at radius 1 is 1.03 bits per heavy atom. The van der Waals surface area contributed by atoms with Gasteiger partial charge in [0.25, 0.3) is 5.69 Å². The van der Waals surface area contributed by atoms with Crippen molar-refractivity contribution in [2.24, 2.45) is 0 Å². The average Bonchev–Trinajstić information content (AvgIpc) is 3.22. The molecular formula is C20H18F3N5O3. The second-order valence-corrected chi connectivity index (χ2v) is 7.09. The molecule has 1 aliphatic heterocycles. The lowest BCUT2D eigenvalue weighted by molar-refractivity contribution is -0.384. The molecular weight excluding hydrogens is 415 g/mol. The summed E-state index contributed by atoms with van der Waals surface area (Å²) in [6, 6.07) is 12.0. The van der Waals surface area contributed by atoms with E-state index in [0.717, 1.165) is 11.6 Å². The minimum Gasteiger partial charge on any atom is -0.419 e. The Morgan fingerprint density at radius 3 is 2.39 bits per heavy atom. The molecule has 162 valence electrons. The van der Waals surface area contributed by atoms with Crippen LogP contribution in [0, 0.1) is 10.1 Å². The molecule has 8 nitrogen and oxygen atoms in total. The highest BCUT2D eigenvalue weighted by atomic mass is 19.4. The van der Waals surface area contributed by atoms with Gasteiger partial charge in [0.2, 0.25) is 11.8 Å². The third-order valence-corrected chi connectivity index (χ3v) is 5.06. The van der Waals surface area contributed by atoms with Gasteiger partial charge < -0.3 is 9.32 Å². The zero-order chi connectivity index (χ0) is 22.0. The number of rotatable bonds is 5. The van der Waals surface area contributed by atoms with Crippen molar-refractivity contribution in [1.82, 2.24) is 15.1 Å². The van der Waals surface area contributed by atoms with E-state index in [1.165, 1.54) is 6.07 Å². The van der Waals surface area contributed by atoms with Gasteiger partial charge in [-0.15, -0.1) is 10.2 Å². The summed E-state index contributed by atoms with van der Waals surface area (Å²) in [6.07, 6.45) is -4.63. The van der Waals surface area contributed by atoms with Gasteiger partial charge in [-0.25, -0.2) is 0 Å². The molecule has 1 aliphatic rings. The predicted octanol–water partition coefficient (Wildman–Crippen LogP) is 3.99. The lowest BCUT2D eigenvalue weighted by Crippen LogP contribution is -2.46. The highest BCUT2D eigenvalue weighted by Gasteiger charge is 2.34. The molecule has 0 saturated carbocycles. The second kappa shape index (κ2) is 8.34. The molecule has 2 heterocycles. The number of nitrogens with zero attached hydrogens (tertiary/aromatic N) is 5. The SMILES string of the molecule is O=[N+]([O-])c1cc(C(F)(F)F)ccc1N1CCN(Cc2nnc(-c3ccccc3)o2)CC1. The molecule has 11 heteroatoms. The molecule has 3 aromatic rings. The molecule has 0 radical (unpaired) electrons. The fraction of sp³-hybridized carbons (Fsp3) is 0.300. The number of hydrogen-bond donors (Lipinski definition) is 0. The Labute approximate surface area is 175 Å². The van der Waals surface area contributed by atoms with Gasteiger partial charge in [-0.05, 0) is 24.3 Å². The van der Waals surface area contributed by atoms with Crippen LogP contribution in [0.1, 0.15) is 11.5 Å². The van der Waals surface area contributed by atoms with E-state index in [-0.39, 0.29) is 5.69 Å². The van der Waals surface area contributed by atoms with Crippen molar-refractivity contribution in [2.45, 2.75) is 12.7 Å². The molecule has 0 aliphatic carbocycles. The summed E-state index contributed by atoms with van der Waals surface area (Å²) in [5, 5.41) is 19.5. The van der Waals surface area contributed by atoms with Crippen LogP contribution in [0.25, 0.3) is 11.5 Å². The van der Waals surface area contributed by atoms with Gasteiger partial charge >= 0.3 is 6.18 Å². The maximum absolute atomic E-state index is 12.9. The van der Waals surface area contributed by atoms with E-state index in [0.29, 0.717) is 50.6 Å². The summed E-state index contributed by atoms with van der Waals surface area (Å²) in [7, 11) is 0. The Balaban J connectivity index is 1.41. The number of nitro benzene ring substituents is 1. The molecule has 2 aromatic carbocycles. The zero-order valence-electron chi connectivity index (χ0n) is 16.2. The normalized spacial score (nSPS) is 15.3. The zero-order valence-corrected chi connectivity index (χ0v) is 16.2. The van der Waals surface area contributed by atoms with Crippen LogP contribution in [0.4, 0.5) is 24.5 Å². The van der Waals surface area contributed by atoms with Crippen LogP contribution >= 0.6 is 0 Å². The van der Waals surface area contributed by atoms with Gasteiger partial charge in [0.1, 0.15) is 5.69 Å². The van der Waals surface area contributed by atoms with Crippen molar-refractivity contribution in [1.29, 1.82) is 0 Å². The third-order valence-electron chi connectivity index (χ3n) is 5.06. The fourth-order valence-corrected chi connectivity index (χ4v) is 3.47. The van der Waals surface area contributed by atoms with Crippen molar-refractivity contribution in [3.63, 3.8) is 0 Å². The third kappa shape index (κ3) is 4.66. The van der Waals surface area contributed by atoms with E-state index in [4.69, 9.17) is 4.42 Å². The van der Waals surface area contributed by atoms with Gasteiger partial charge in [-0.3, -0.25) is 15.0 Å². The summed E-state index contributed by atoms with van der Waals surface area (Å²) in [4.78, 5) is 14.3. The molecule has 0 spiro atoms. The minimum atomic E-state index is -4.63. The Morgan fingerprint density at radius 2 is 1.74 bits per heavy atom. The molecule has 4 rings (SSSR count). The topological polar surface area (TPSA) is 88.5 Å². The largest absolute Gasteiger partial charge is 0.419 e. The maximum Gasteiger partial charge on any atom is 0.416 e. The van der Waals surface area contributed by atoms with Gasteiger partial charge in [-0.2, -0.15) is 13.2 Å². The van der Waals surface area contributed by atoms with E-state index in [1.54, 1.807) is 4.90 Å². The molecule has 31 heavy (non-hydrogen) atoms. The number of hydrogen-bond acceptors (Lipinski definition) is 7. The van der Waals surface area contributed by atoms with Crippen molar-refractivity contribution < 1.29 is 22.5 Å². The van der Waals surface area contributed by atoms with Gasteiger partial charge in [0, 0.05) is 37.8 Å². The Kier molecular flexibility index (Phi) is 5.59.